The lowest BCUT2D eigenvalue weighted by molar-refractivity contribution is 0.0851. The summed E-state index contributed by atoms with van der Waals surface area (Å²) >= 11 is 0. The molecule has 0 N–H and O–H groups in total. The molecule has 1 atom stereocenters. The van der Waals surface area contributed by atoms with Crippen LogP contribution in [0.2, 0.25) is 0 Å². The van der Waals surface area contributed by atoms with Crippen LogP contribution in [-0.2, 0) is 24.0 Å². The Hall–Kier alpha value is -6.62. The first-order valence-corrected chi connectivity index (χ1v) is 25.3. The van der Waals surface area contributed by atoms with E-state index in [-0.39, 0.29) is 6.10 Å². The number of fused-ring (bicyclic) bond motifs is 6. The van der Waals surface area contributed by atoms with Gasteiger partial charge in [-0.15, -0.1) is 0 Å². The number of rotatable bonds is 8. The Kier molecular flexibility index (Phi) is 15.3. The Bertz CT molecular complexity index is 2740. The third-order valence-corrected chi connectivity index (χ3v) is 13.8. The van der Waals surface area contributed by atoms with E-state index in [1.165, 1.54) is 89.0 Å². The molecule has 346 valence electrons. The highest BCUT2D eigenvalue weighted by atomic mass is 16.5. The molecule has 68 heavy (non-hydrogen) atoms. The predicted molar refractivity (Wildman–Crippen MR) is 284 cm³/mol. The standard InChI is InChI=1S/C32H34O2.C32H32O2/c2*1-3-25-27(23-13-7-5-8-14-23)17-19-29-31(25)32-26(4-2)28(24-15-9-6-10-16-24)18-20-30(32)34-22-12-11-21-33-29/h5-10,13-19,30H,3-4,11-12,20-22H2,1-2H3;5-10,13-20H,3-4,11-12,21-22H2,1-2H3. The monoisotopic (exact) mass is 898 g/mol. The van der Waals surface area contributed by atoms with Crippen molar-refractivity contribution >= 4 is 11.1 Å². The van der Waals surface area contributed by atoms with Gasteiger partial charge in [-0.25, -0.2) is 0 Å². The molecule has 10 rings (SSSR count). The maximum atomic E-state index is 6.58. The van der Waals surface area contributed by atoms with Crippen molar-refractivity contribution in [3.05, 3.63) is 197 Å². The zero-order chi connectivity index (χ0) is 46.7. The summed E-state index contributed by atoms with van der Waals surface area (Å²) in [4.78, 5) is 0. The topological polar surface area (TPSA) is 36.9 Å². The summed E-state index contributed by atoms with van der Waals surface area (Å²) in [5.74, 6) is 2.92. The Morgan fingerprint density at radius 2 is 0.750 bits per heavy atom. The molecule has 0 saturated carbocycles. The first-order valence-electron chi connectivity index (χ1n) is 25.3. The van der Waals surface area contributed by atoms with Crippen LogP contribution < -0.4 is 14.2 Å². The van der Waals surface area contributed by atoms with Crippen molar-refractivity contribution < 1.29 is 18.9 Å². The lowest BCUT2D eigenvalue weighted by Gasteiger charge is -2.33. The second-order valence-electron chi connectivity index (χ2n) is 17.8. The highest BCUT2D eigenvalue weighted by Gasteiger charge is 2.32. The molecule has 7 aromatic rings. The molecule has 2 aliphatic heterocycles. The van der Waals surface area contributed by atoms with Gasteiger partial charge in [0.05, 0.1) is 25.9 Å². The number of hydrogen-bond acceptors (Lipinski definition) is 4. The predicted octanol–water partition coefficient (Wildman–Crippen LogP) is 16.5. The molecule has 0 fully saturated rings. The van der Waals surface area contributed by atoms with E-state index in [4.69, 9.17) is 18.9 Å². The number of allylic oxidation sites excluding steroid dienone is 2. The largest absolute Gasteiger partial charge is 0.493 e. The zero-order valence-electron chi connectivity index (χ0n) is 40.5. The Morgan fingerprint density at radius 3 is 1.15 bits per heavy atom. The Morgan fingerprint density at radius 1 is 0.382 bits per heavy atom. The molecule has 1 aliphatic carbocycles. The van der Waals surface area contributed by atoms with E-state index >= 15 is 0 Å². The molecule has 7 aromatic carbocycles. The fourth-order valence-corrected chi connectivity index (χ4v) is 10.6. The fourth-order valence-electron chi connectivity index (χ4n) is 10.6. The summed E-state index contributed by atoms with van der Waals surface area (Å²) in [7, 11) is 0. The van der Waals surface area contributed by atoms with Crippen molar-refractivity contribution in [2.24, 2.45) is 0 Å². The smallest absolute Gasteiger partial charge is 0.127 e. The molecule has 3 aliphatic rings. The minimum Gasteiger partial charge on any atom is -0.493 e. The van der Waals surface area contributed by atoms with Crippen LogP contribution in [0.25, 0.3) is 55.7 Å². The molecular weight excluding hydrogens is 833 g/mol. The van der Waals surface area contributed by atoms with E-state index in [0.29, 0.717) is 13.2 Å². The van der Waals surface area contributed by atoms with Crippen molar-refractivity contribution in [3.63, 3.8) is 0 Å². The second kappa shape index (κ2) is 22.5. The van der Waals surface area contributed by atoms with Gasteiger partial charge in [0.1, 0.15) is 17.2 Å². The van der Waals surface area contributed by atoms with Crippen molar-refractivity contribution in [2.75, 3.05) is 26.4 Å². The van der Waals surface area contributed by atoms with Gasteiger partial charge in [-0.2, -0.15) is 0 Å². The third-order valence-electron chi connectivity index (χ3n) is 13.8. The van der Waals surface area contributed by atoms with Gasteiger partial charge in [-0.05, 0) is 148 Å². The highest BCUT2D eigenvalue weighted by molar-refractivity contribution is 5.96. The average Bonchev–Trinajstić information content (AvgIpc) is 3.41. The van der Waals surface area contributed by atoms with E-state index in [2.05, 4.69) is 191 Å². The molecule has 0 amide bonds. The van der Waals surface area contributed by atoms with Crippen molar-refractivity contribution in [1.29, 1.82) is 0 Å². The summed E-state index contributed by atoms with van der Waals surface area (Å²) in [6.45, 7) is 11.9. The minimum absolute atomic E-state index is 0.0548. The van der Waals surface area contributed by atoms with Crippen LogP contribution in [0.15, 0.2) is 169 Å². The number of benzene rings is 7. The molecule has 4 nitrogen and oxygen atoms in total. The lowest BCUT2D eigenvalue weighted by Crippen LogP contribution is -2.23. The molecule has 1 unspecified atom stereocenters. The Balaban J connectivity index is 0.000000170. The van der Waals surface area contributed by atoms with Gasteiger partial charge in [-0.3, -0.25) is 0 Å². The maximum absolute atomic E-state index is 6.58. The van der Waals surface area contributed by atoms with Crippen molar-refractivity contribution in [1.82, 2.24) is 0 Å². The van der Waals surface area contributed by atoms with Crippen molar-refractivity contribution in [3.8, 4) is 61.8 Å². The van der Waals surface area contributed by atoms with Gasteiger partial charge in [0, 0.05) is 23.3 Å². The Labute approximate surface area is 405 Å². The van der Waals surface area contributed by atoms with Crippen LogP contribution in [-0.4, -0.2) is 32.5 Å². The molecule has 0 spiro atoms. The van der Waals surface area contributed by atoms with Crippen LogP contribution in [0.4, 0.5) is 0 Å². The third kappa shape index (κ3) is 9.84. The van der Waals surface area contributed by atoms with Crippen LogP contribution >= 0.6 is 0 Å². The minimum atomic E-state index is 0.0548. The molecule has 4 heteroatoms. The van der Waals surface area contributed by atoms with Gasteiger partial charge in [0.25, 0.3) is 0 Å². The first-order chi connectivity index (χ1) is 33.6. The summed E-state index contributed by atoms with van der Waals surface area (Å²) in [6.07, 6.45) is 11.1. The summed E-state index contributed by atoms with van der Waals surface area (Å²) in [5.41, 5.74) is 20.5. The summed E-state index contributed by atoms with van der Waals surface area (Å²) in [5, 5.41) is 0. The van der Waals surface area contributed by atoms with Gasteiger partial charge in [-0.1, -0.05) is 173 Å². The second-order valence-corrected chi connectivity index (χ2v) is 17.8. The van der Waals surface area contributed by atoms with E-state index in [1.807, 2.05) is 0 Å². The molecule has 0 aromatic heterocycles. The van der Waals surface area contributed by atoms with E-state index in [0.717, 1.165) is 88.2 Å². The quantitative estimate of drug-likeness (QED) is 0.152. The fraction of sp³-hybridized carbons (Fsp3) is 0.281. The first kappa shape index (κ1) is 46.5. The van der Waals surface area contributed by atoms with Crippen molar-refractivity contribution in [2.45, 2.75) is 91.6 Å². The van der Waals surface area contributed by atoms with E-state index in [9.17, 15) is 0 Å². The SMILES string of the molecule is CCC1=C2c3c(ccc(-c4ccccc4)c3CC)OCCCCOC2CC=C1c1ccccc1.CCc1c(-c2ccccc2)ccc2c1-c1c(ccc(-c3ccccc3)c1CC)OCCCCO2. The lowest BCUT2D eigenvalue weighted by atomic mass is 9.78. The van der Waals surface area contributed by atoms with Crippen LogP contribution in [0.3, 0.4) is 0 Å². The maximum Gasteiger partial charge on any atom is 0.127 e. The van der Waals surface area contributed by atoms with Crippen LogP contribution in [0.5, 0.6) is 17.2 Å². The normalized spacial score (nSPS) is 15.8. The molecule has 0 radical (unpaired) electrons. The van der Waals surface area contributed by atoms with Gasteiger partial charge in [0.2, 0.25) is 0 Å². The summed E-state index contributed by atoms with van der Waals surface area (Å²) in [6, 6.07) is 56.1. The molecule has 0 saturated heterocycles. The summed E-state index contributed by atoms with van der Waals surface area (Å²) < 4.78 is 25.9. The van der Waals surface area contributed by atoms with Gasteiger partial charge in [0.15, 0.2) is 0 Å². The average molecular weight is 899 g/mol. The van der Waals surface area contributed by atoms with Crippen LogP contribution in [0.1, 0.15) is 94.0 Å². The molecule has 0 bridgehead atoms. The van der Waals surface area contributed by atoms with Crippen LogP contribution in [0, 0.1) is 0 Å². The van der Waals surface area contributed by atoms with E-state index in [1.54, 1.807) is 0 Å². The van der Waals surface area contributed by atoms with E-state index < -0.39 is 0 Å². The zero-order valence-corrected chi connectivity index (χ0v) is 40.5. The number of ether oxygens (including phenoxy) is 4. The molecule has 2 heterocycles. The highest BCUT2D eigenvalue weighted by Crippen LogP contribution is 2.49. The number of hydrogen-bond donors (Lipinski definition) is 0. The van der Waals surface area contributed by atoms with Gasteiger partial charge >= 0.3 is 0 Å². The van der Waals surface area contributed by atoms with Gasteiger partial charge < -0.3 is 18.9 Å². The molecular formula is C64H66O4.